The van der Waals surface area contributed by atoms with Crippen molar-refractivity contribution in [2.75, 3.05) is 27.8 Å². The highest BCUT2D eigenvalue weighted by atomic mass is 16.5. The zero-order valence-corrected chi connectivity index (χ0v) is 11.8. The summed E-state index contributed by atoms with van der Waals surface area (Å²) < 4.78 is 10.9. The predicted molar refractivity (Wildman–Crippen MR) is 73.7 cm³/mol. The van der Waals surface area contributed by atoms with Crippen molar-refractivity contribution in [2.24, 2.45) is 0 Å². The van der Waals surface area contributed by atoms with Crippen molar-refractivity contribution in [3.63, 3.8) is 0 Å². The Kier molecular flexibility index (Phi) is 4.12. The fourth-order valence-electron chi connectivity index (χ4n) is 2.80. The third kappa shape index (κ3) is 2.32. The van der Waals surface area contributed by atoms with Gasteiger partial charge in [0.25, 0.3) is 0 Å². The lowest BCUT2D eigenvalue weighted by atomic mass is 9.86. The molecule has 100 valence electrons. The summed E-state index contributed by atoms with van der Waals surface area (Å²) in [5, 5.41) is 0. The van der Waals surface area contributed by atoms with Crippen LogP contribution < -0.4 is 9.47 Å². The van der Waals surface area contributed by atoms with E-state index in [1.165, 1.54) is 17.5 Å². The van der Waals surface area contributed by atoms with E-state index < -0.39 is 0 Å². The zero-order valence-electron chi connectivity index (χ0n) is 11.8. The molecule has 0 amide bonds. The summed E-state index contributed by atoms with van der Waals surface area (Å²) in [7, 11) is 5.62. The Bertz CT molecular complexity index is 417. The van der Waals surface area contributed by atoms with Crippen LogP contribution >= 0.6 is 0 Å². The van der Waals surface area contributed by atoms with Gasteiger partial charge in [0.05, 0.1) is 14.2 Å². The average molecular weight is 249 g/mol. The van der Waals surface area contributed by atoms with Gasteiger partial charge in [0, 0.05) is 11.6 Å². The number of likely N-dealkylation sites (N-methyl/N-ethyl adjacent to an activating group) is 1. The molecule has 18 heavy (non-hydrogen) atoms. The van der Waals surface area contributed by atoms with E-state index >= 15 is 0 Å². The number of hydrogen-bond acceptors (Lipinski definition) is 3. The van der Waals surface area contributed by atoms with Gasteiger partial charge in [0.2, 0.25) is 0 Å². The van der Waals surface area contributed by atoms with Crippen LogP contribution in [0.5, 0.6) is 11.5 Å². The van der Waals surface area contributed by atoms with Gasteiger partial charge in [-0.05, 0) is 44.5 Å². The van der Waals surface area contributed by atoms with Crippen molar-refractivity contribution >= 4 is 0 Å². The molecule has 0 saturated carbocycles. The zero-order chi connectivity index (χ0) is 13.1. The summed E-state index contributed by atoms with van der Waals surface area (Å²) in [5.41, 5.74) is 2.74. The van der Waals surface area contributed by atoms with E-state index in [1.54, 1.807) is 14.2 Å². The fourth-order valence-corrected chi connectivity index (χ4v) is 2.80. The van der Waals surface area contributed by atoms with Crippen molar-refractivity contribution in [2.45, 2.75) is 32.2 Å². The molecule has 2 rings (SSSR count). The van der Waals surface area contributed by atoms with Crippen LogP contribution in [-0.2, 0) is 12.8 Å². The molecule has 3 nitrogen and oxygen atoms in total. The third-order valence-corrected chi connectivity index (χ3v) is 4.05. The van der Waals surface area contributed by atoms with E-state index in [0.29, 0.717) is 6.04 Å². The molecule has 1 atom stereocenters. The van der Waals surface area contributed by atoms with Crippen LogP contribution in [0.15, 0.2) is 12.1 Å². The van der Waals surface area contributed by atoms with Gasteiger partial charge in [-0.1, -0.05) is 13.0 Å². The van der Waals surface area contributed by atoms with Gasteiger partial charge in [0.1, 0.15) is 0 Å². The molecule has 0 bridgehead atoms. The van der Waals surface area contributed by atoms with Gasteiger partial charge in [-0.15, -0.1) is 0 Å². The fraction of sp³-hybridized carbons (Fsp3) is 0.600. The molecule has 1 aromatic carbocycles. The monoisotopic (exact) mass is 249 g/mol. The number of benzene rings is 1. The summed E-state index contributed by atoms with van der Waals surface area (Å²) >= 11 is 0. The van der Waals surface area contributed by atoms with E-state index in [9.17, 15) is 0 Å². The third-order valence-electron chi connectivity index (χ3n) is 4.05. The molecule has 0 unspecified atom stereocenters. The highest BCUT2D eigenvalue weighted by molar-refractivity contribution is 5.52. The van der Waals surface area contributed by atoms with E-state index in [1.807, 2.05) is 6.07 Å². The van der Waals surface area contributed by atoms with Crippen molar-refractivity contribution in [3.8, 4) is 11.5 Å². The highest BCUT2D eigenvalue weighted by Gasteiger charge is 2.25. The number of nitrogens with zero attached hydrogens (tertiary/aromatic N) is 1. The van der Waals surface area contributed by atoms with Gasteiger partial charge in [-0.2, -0.15) is 0 Å². The lowest BCUT2D eigenvalue weighted by Crippen LogP contribution is -2.36. The van der Waals surface area contributed by atoms with E-state index in [-0.39, 0.29) is 0 Å². The number of rotatable bonds is 4. The van der Waals surface area contributed by atoms with Gasteiger partial charge in [0.15, 0.2) is 11.5 Å². The Morgan fingerprint density at radius 2 is 2.06 bits per heavy atom. The van der Waals surface area contributed by atoms with E-state index in [4.69, 9.17) is 9.47 Å². The smallest absolute Gasteiger partial charge is 0.164 e. The molecule has 0 fully saturated rings. The molecular weight excluding hydrogens is 226 g/mol. The van der Waals surface area contributed by atoms with Crippen LogP contribution in [0.25, 0.3) is 0 Å². The Balaban J connectivity index is 2.29. The minimum atomic E-state index is 0.653. The lowest BCUT2D eigenvalue weighted by Gasteiger charge is -2.32. The molecule has 0 spiro atoms. The van der Waals surface area contributed by atoms with Crippen LogP contribution in [0.2, 0.25) is 0 Å². The number of methoxy groups -OCH3 is 2. The maximum Gasteiger partial charge on any atom is 0.164 e. The quantitative estimate of drug-likeness (QED) is 0.818. The largest absolute Gasteiger partial charge is 0.493 e. The maximum absolute atomic E-state index is 5.52. The van der Waals surface area contributed by atoms with Crippen LogP contribution in [0.1, 0.15) is 24.5 Å². The molecule has 0 heterocycles. The topological polar surface area (TPSA) is 21.7 Å². The molecule has 1 aliphatic carbocycles. The van der Waals surface area contributed by atoms with Crippen LogP contribution in [-0.4, -0.2) is 38.8 Å². The van der Waals surface area contributed by atoms with Gasteiger partial charge < -0.3 is 14.4 Å². The second-order valence-corrected chi connectivity index (χ2v) is 4.91. The first-order valence-corrected chi connectivity index (χ1v) is 6.64. The Labute approximate surface area is 110 Å². The summed E-state index contributed by atoms with van der Waals surface area (Å²) in [4.78, 5) is 2.43. The first-order valence-electron chi connectivity index (χ1n) is 6.64. The van der Waals surface area contributed by atoms with Crippen LogP contribution in [0.3, 0.4) is 0 Å². The SMILES string of the molecule is CCN(C)[C@H]1CCc2c(ccc(OC)c2OC)C1. The van der Waals surface area contributed by atoms with Crippen molar-refractivity contribution in [1.29, 1.82) is 0 Å². The lowest BCUT2D eigenvalue weighted by molar-refractivity contribution is 0.231. The molecule has 1 aliphatic rings. The van der Waals surface area contributed by atoms with Crippen LogP contribution in [0.4, 0.5) is 0 Å². The second kappa shape index (κ2) is 5.61. The average Bonchev–Trinajstić information content (AvgIpc) is 2.44. The van der Waals surface area contributed by atoms with Gasteiger partial charge in [-0.3, -0.25) is 0 Å². The summed E-state index contributed by atoms with van der Waals surface area (Å²) in [5.74, 6) is 1.77. The first kappa shape index (κ1) is 13.2. The first-order chi connectivity index (χ1) is 8.71. The minimum Gasteiger partial charge on any atom is -0.493 e. The highest BCUT2D eigenvalue weighted by Crippen LogP contribution is 2.37. The molecule has 0 aromatic heterocycles. The molecule has 0 N–H and O–H groups in total. The minimum absolute atomic E-state index is 0.653. The van der Waals surface area contributed by atoms with Gasteiger partial charge in [-0.25, -0.2) is 0 Å². The van der Waals surface area contributed by atoms with Crippen LogP contribution in [0, 0.1) is 0 Å². The molecule has 1 aromatic rings. The molecule has 0 aliphatic heterocycles. The van der Waals surface area contributed by atoms with Crippen molar-refractivity contribution in [3.05, 3.63) is 23.3 Å². The Morgan fingerprint density at radius 1 is 1.28 bits per heavy atom. The number of fused-ring (bicyclic) bond motifs is 1. The predicted octanol–water partition coefficient (Wildman–Crippen LogP) is 2.51. The number of ether oxygens (including phenoxy) is 2. The summed E-state index contributed by atoms with van der Waals surface area (Å²) in [6.07, 6.45) is 3.38. The van der Waals surface area contributed by atoms with Crippen molar-refractivity contribution < 1.29 is 9.47 Å². The molecule has 3 heteroatoms. The van der Waals surface area contributed by atoms with Gasteiger partial charge >= 0.3 is 0 Å². The number of hydrogen-bond donors (Lipinski definition) is 0. The molecule has 0 radical (unpaired) electrons. The Hall–Kier alpha value is -1.22. The van der Waals surface area contributed by atoms with E-state index in [2.05, 4.69) is 24.9 Å². The maximum atomic E-state index is 5.52. The summed E-state index contributed by atoms with van der Waals surface area (Å²) in [6.45, 7) is 3.32. The second-order valence-electron chi connectivity index (χ2n) is 4.91. The van der Waals surface area contributed by atoms with E-state index in [0.717, 1.165) is 30.9 Å². The standard InChI is InChI=1S/C15H23NO2/c1-5-16(2)12-7-8-13-11(10-12)6-9-14(17-3)15(13)18-4/h6,9,12H,5,7-8,10H2,1-4H3/t12-/m0/s1. The summed E-state index contributed by atoms with van der Waals surface area (Å²) in [6, 6.07) is 4.86. The van der Waals surface area contributed by atoms with Crippen molar-refractivity contribution in [1.82, 2.24) is 4.90 Å². The molecule has 0 saturated heterocycles. The molecular formula is C15H23NO2. The Morgan fingerprint density at radius 3 is 2.67 bits per heavy atom. The normalized spacial score (nSPS) is 18.6.